The van der Waals surface area contributed by atoms with E-state index in [0.717, 1.165) is 45.7 Å². The quantitative estimate of drug-likeness (QED) is 0.803. The molecule has 2 N–H and O–H groups in total. The molecule has 0 aromatic rings. The Kier molecular flexibility index (Phi) is 5.49. The van der Waals surface area contributed by atoms with Gasteiger partial charge in [-0.25, -0.2) is 0 Å². The Morgan fingerprint density at radius 1 is 1.19 bits per heavy atom. The van der Waals surface area contributed by atoms with E-state index in [4.69, 9.17) is 4.74 Å². The minimum absolute atomic E-state index is 0.0557. The van der Waals surface area contributed by atoms with Crippen LogP contribution >= 0.6 is 0 Å². The third-order valence-electron chi connectivity index (χ3n) is 5.20. The lowest BCUT2D eigenvalue weighted by molar-refractivity contribution is -0.123. The van der Waals surface area contributed by atoms with Crippen LogP contribution in [0.1, 0.15) is 38.5 Å². The predicted molar refractivity (Wildman–Crippen MR) is 82.2 cm³/mol. The number of hydrogen-bond donors (Lipinski definition) is 2. The molecule has 3 saturated heterocycles. The minimum atomic E-state index is 0.0557. The highest BCUT2D eigenvalue weighted by Crippen LogP contribution is 2.22. The van der Waals surface area contributed by atoms with Crippen molar-refractivity contribution in [1.82, 2.24) is 15.5 Å². The molecule has 3 fully saturated rings. The van der Waals surface area contributed by atoms with Gasteiger partial charge in [-0.3, -0.25) is 9.69 Å². The summed E-state index contributed by atoms with van der Waals surface area (Å²) >= 11 is 0. The van der Waals surface area contributed by atoms with Gasteiger partial charge in [-0.05, 0) is 57.5 Å². The lowest BCUT2D eigenvalue weighted by Crippen LogP contribution is -2.49. The summed E-state index contributed by atoms with van der Waals surface area (Å²) in [6, 6.07) is 0.758. The number of carbonyl (C=O) groups excluding carboxylic acids is 1. The average molecular weight is 295 g/mol. The van der Waals surface area contributed by atoms with Crippen LogP contribution < -0.4 is 10.6 Å². The normalized spacial score (nSPS) is 32.2. The van der Waals surface area contributed by atoms with Crippen molar-refractivity contribution in [2.24, 2.45) is 5.92 Å². The first-order valence-electron chi connectivity index (χ1n) is 8.66. The van der Waals surface area contributed by atoms with Crippen LogP contribution in [0.15, 0.2) is 0 Å². The Morgan fingerprint density at radius 2 is 2.05 bits per heavy atom. The molecule has 3 aliphatic rings. The van der Waals surface area contributed by atoms with Crippen LogP contribution in [0.2, 0.25) is 0 Å². The smallest absolute Gasteiger partial charge is 0.237 e. The molecule has 0 aromatic heterocycles. The second kappa shape index (κ2) is 7.56. The van der Waals surface area contributed by atoms with Crippen LogP contribution in [0, 0.1) is 5.92 Å². The monoisotopic (exact) mass is 295 g/mol. The first kappa shape index (κ1) is 15.3. The standard InChI is InChI=1S/C16H29N3O2/c20-16(15-4-1-7-17-15)18-11-13-3-2-8-19(12-13)14-5-9-21-10-6-14/h13-15,17H,1-12H2,(H,18,20). The van der Waals surface area contributed by atoms with Gasteiger partial charge in [-0.1, -0.05) is 0 Å². The lowest BCUT2D eigenvalue weighted by atomic mass is 9.94. The van der Waals surface area contributed by atoms with E-state index in [0.29, 0.717) is 12.0 Å². The Bertz CT molecular complexity index is 338. The fourth-order valence-corrected chi connectivity index (χ4v) is 3.92. The highest BCUT2D eigenvalue weighted by molar-refractivity contribution is 5.81. The van der Waals surface area contributed by atoms with Gasteiger partial charge in [-0.15, -0.1) is 0 Å². The number of carbonyl (C=O) groups is 1. The molecular formula is C16H29N3O2. The Morgan fingerprint density at radius 3 is 2.81 bits per heavy atom. The van der Waals surface area contributed by atoms with Crippen molar-refractivity contribution < 1.29 is 9.53 Å². The van der Waals surface area contributed by atoms with E-state index < -0.39 is 0 Å². The van der Waals surface area contributed by atoms with Gasteiger partial charge in [0.25, 0.3) is 0 Å². The van der Waals surface area contributed by atoms with Crippen molar-refractivity contribution in [3.63, 3.8) is 0 Å². The number of nitrogens with one attached hydrogen (secondary N) is 2. The maximum atomic E-state index is 12.1. The van der Waals surface area contributed by atoms with Crippen LogP contribution in [-0.2, 0) is 9.53 Å². The third-order valence-corrected chi connectivity index (χ3v) is 5.20. The molecule has 0 saturated carbocycles. The van der Waals surface area contributed by atoms with E-state index in [1.54, 1.807) is 0 Å². The van der Waals surface area contributed by atoms with Gasteiger partial charge in [0.05, 0.1) is 6.04 Å². The molecule has 3 heterocycles. The van der Waals surface area contributed by atoms with Gasteiger partial charge in [0.2, 0.25) is 5.91 Å². The molecule has 120 valence electrons. The molecule has 5 heteroatoms. The van der Waals surface area contributed by atoms with Gasteiger partial charge in [0.15, 0.2) is 0 Å². The molecule has 1 amide bonds. The molecule has 2 atom stereocenters. The summed E-state index contributed by atoms with van der Waals surface area (Å²) in [5, 5.41) is 6.43. The molecule has 3 rings (SSSR count). The number of likely N-dealkylation sites (tertiary alicyclic amines) is 1. The molecule has 21 heavy (non-hydrogen) atoms. The van der Waals surface area contributed by atoms with E-state index in [9.17, 15) is 4.79 Å². The average Bonchev–Trinajstić information content (AvgIpc) is 3.08. The first-order chi connectivity index (χ1) is 10.3. The Hall–Kier alpha value is -0.650. The zero-order valence-corrected chi connectivity index (χ0v) is 13.0. The number of amides is 1. The van der Waals surface area contributed by atoms with Crippen molar-refractivity contribution in [2.75, 3.05) is 39.4 Å². The Labute approximate surface area is 127 Å². The summed E-state index contributed by atoms with van der Waals surface area (Å²) in [4.78, 5) is 14.7. The molecule has 0 radical (unpaired) electrons. The number of rotatable bonds is 4. The molecule has 0 spiro atoms. The number of piperidine rings is 1. The molecule has 5 nitrogen and oxygen atoms in total. The second-order valence-electron chi connectivity index (χ2n) is 6.74. The lowest BCUT2D eigenvalue weighted by Gasteiger charge is -2.40. The van der Waals surface area contributed by atoms with Crippen LogP contribution in [0.4, 0.5) is 0 Å². The van der Waals surface area contributed by atoms with E-state index >= 15 is 0 Å². The molecule has 0 aromatic carbocycles. The van der Waals surface area contributed by atoms with Crippen LogP contribution in [-0.4, -0.2) is 62.3 Å². The molecule has 0 aliphatic carbocycles. The van der Waals surface area contributed by atoms with E-state index in [-0.39, 0.29) is 11.9 Å². The highest BCUT2D eigenvalue weighted by Gasteiger charge is 2.28. The molecule has 0 bridgehead atoms. The van der Waals surface area contributed by atoms with Crippen molar-refractivity contribution in [3.05, 3.63) is 0 Å². The van der Waals surface area contributed by atoms with Crippen LogP contribution in [0.5, 0.6) is 0 Å². The maximum absolute atomic E-state index is 12.1. The Balaban J connectivity index is 1.41. The van der Waals surface area contributed by atoms with Gasteiger partial charge in [-0.2, -0.15) is 0 Å². The summed E-state index contributed by atoms with van der Waals surface area (Å²) in [7, 11) is 0. The first-order valence-corrected chi connectivity index (χ1v) is 8.66. The molecule has 2 unspecified atom stereocenters. The molecule has 3 aliphatic heterocycles. The summed E-state index contributed by atoms with van der Waals surface area (Å²) in [5.41, 5.74) is 0. The molecular weight excluding hydrogens is 266 g/mol. The van der Waals surface area contributed by atoms with Crippen molar-refractivity contribution in [3.8, 4) is 0 Å². The van der Waals surface area contributed by atoms with Crippen molar-refractivity contribution >= 4 is 5.91 Å². The fourth-order valence-electron chi connectivity index (χ4n) is 3.92. The zero-order valence-electron chi connectivity index (χ0n) is 13.0. The summed E-state index contributed by atoms with van der Waals surface area (Å²) in [6.45, 7) is 6.02. The van der Waals surface area contributed by atoms with E-state index in [2.05, 4.69) is 15.5 Å². The SMILES string of the molecule is O=C(NCC1CCCN(C2CCOCC2)C1)C1CCCN1. The van der Waals surface area contributed by atoms with Gasteiger partial charge < -0.3 is 15.4 Å². The number of ether oxygens (including phenoxy) is 1. The van der Waals surface area contributed by atoms with E-state index in [1.165, 1.54) is 32.2 Å². The third kappa shape index (κ3) is 4.18. The van der Waals surface area contributed by atoms with Crippen molar-refractivity contribution in [1.29, 1.82) is 0 Å². The largest absolute Gasteiger partial charge is 0.381 e. The summed E-state index contributed by atoms with van der Waals surface area (Å²) in [5.74, 6) is 0.822. The van der Waals surface area contributed by atoms with Gasteiger partial charge in [0, 0.05) is 32.3 Å². The van der Waals surface area contributed by atoms with Crippen molar-refractivity contribution in [2.45, 2.75) is 50.6 Å². The van der Waals surface area contributed by atoms with Crippen LogP contribution in [0.3, 0.4) is 0 Å². The highest BCUT2D eigenvalue weighted by atomic mass is 16.5. The zero-order chi connectivity index (χ0) is 14.5. The fraction of sp³-hybridized carbons (Fsp3) is 0.938. The second-order valence-corrected chi connectivity index (χ2v) is 6.74. The van der Waals surface area contributed by atoms with E-state index in [1.807, 2.05) is 0 Å². The summed E-state index contributed by atoms with van der Waals surface area (Å²) in [6.07, 6.45) is 6.97. The van der Waals surface area contributed by atoms with Gasteiger partial charge in [0.1, 0.15) is 0 Å². The van der Waals surface area contributed by atoms with Gasteiger partial charge >= 0.3 is 0 Å². The maximum Gasteiger partial charge on any atom is 0.237 e. The minimum Gasteiger partial charge on any atom is -0.381 e. The number of nitrogens with zero attached hydrogens (tertiary/aromatic N) is 1. The predicted octanol–water partition coefficient (Wildman–Crippen LogP) is 0.746. The number of hydrogen-bond acceptors (Lipinski definition) is 4. The topological polar surface area (TPSA) is 53.6 Å². The van der Waals surface area contributed by atoms with Crippen LogP contribution in [0.25, 0.3) is 0 Å². The summed E-state index contributed by atoms with van der Waals surface area (Å²) < 4.78 is 5.46.